The summed E-state index contributed by atoms with van der Waals surface area (Å²) >= 11 is 0. The summed E-state index contributed by atoms with van der Waals surface area (Å²) in [5.74, 6) is 0.369. The van der Waals surface area contributed by atoms with E-state index < -0.39 is 0 Å². The van der Waals surface area contributed by atoms with Gasteiger partial charge in [-0.2, -0.15) is 0 Å². The van der Waals surface area contributed by atoms with Crippen molar-refractivity contribution in [1.29, 1.82) is 0 Å². The van der Waals surface area contributed by atoms with E-state index >= 15 is 0 Å². The van der Waals surface area contributed by atoms with Gasteiger partial charge in [0.25, 0.3) is 0 Å². The van der Waals surface area contributed by atoms with Crippen LogP contribution in [0.2, 0.25) is 0 Å². The quantitative estimate of drug-likeness (QED) is 0.913. The zero-order valence-corrected chi connectivity index (χ0v) is 12.2. The Kier molecular flexibility index (Phi) is 4.34. The number of morpholine rings is 1. The number of aromatic nitrogens is 1. The molecule has 0 aromatic carbocycles. The number of hydrogen-bond acceptors (Lipinski definition) is 4. The summed E-state index contributed by atoms with van der Waals surface area (Å²) in [6, 6.07) is 2.55. The normalized spacial score (nSPS) is 31.6. The highest BCUT2D eigenvalue weighted by Crippen LogP contribution is 2.32. The van der Waals surface area contributed by atoms with Gasteiger partial charge >= 0.3 is 0 Å². The number of aliphatic hydroxyl groups is 1. The molecule has 20 heavy (non-hydrogen) atoms. The average Bonchev–Trinajstić information content (AvgIpc) is 2.86. The summed E-state index contributed by atoms with van der Waals surface area (Å²) in [7, 11) is 0. The van der Waals surface area contributed by atoms with Crippen molar-refractivity contribution in [3.63, 3.8) is 0 Å². The lowest BCUT2D eigenvalue weighted by Gasteiger charge is -2.40. The van der Waals surface area contributed by atoms with E-state index in [0.29, 0.717) is 12.0 Å². The molecule has 2 aliphatic rings. The number of aliphatic hydroxyl groups excluding tert-OH is 1. The molecule has 1 aromatic heterocycles. The van der Waals surface area contributed by atoms with Crippen molar-refractivity contribution in [2.75, 3.05) is 19.8 Å². The topological polar surface area (TPSA) is 45.6 Å². The second-order valence-corrected chi connectivity index (χ2v) is 6.15. The molecule has 3 rings (SSSR count). The van der Waals surface area contributed by atoms with Crippen molar-refractivity contribution >= 4 is 0 Å². The van der Waals surface area contributed by atoms with E-state index in [4.69, 9.17) is 4.74 Å². The van der Waals surface area contributed by atoms with Crippen LogP contribution in [0.25, 0.3) is 0 Å². The summed E-state index contributed by atoms with van der Waals surface area (Å²) < 4.78 is 5.67. The van der Waals surface area contributed by atoms with Crippen LogP contribution in [0.15, 0.2) is 18.5 Å². The molecule has 1 saturated heterocycles. The van der Waals surface area contributed by atoms with Crippen LogP contribution < -0.4 is 0 Å². The number of hydrogen-bond donors (Lipinski definition) is 1. The molecule has 1 aliphatic heterocycles. The molecule has 0 bridgehead atoms. The van der Waals surface area contributed by atoms with Gasteiger partial charge in [0.15, 0.2) is 0 Å². The van der Waals surface area contributed by atoms with E-state index in [1.165, 1.54) is 11.1 Å². The lowest BCUT2D eigenvalue weighted by Crippen LogP contribution is -2.50. The minimum absolute atomic E-state index is 0.153. The van der Waals surface area contributed by atoms with Crippen LogP contribution in [-0.4, -0.2) is 46.9 Å². The molecule has 1 aliphatic carbocycles. The Bertz CT molecular complexity index is 452. The first-order valence-electron chi connectivity index (χ1n) is 7.64. The number of nitrogens with zero attached hydrogens (tertiary/aromatic N) is 2. The Labute approximate surface area is 120 Å². The van der Waals surface area contributed by atoms with Gasteiger partial charge in [0.1, 0.15) is 0 Å². The molecule has 4 nitrogen and oxygen atoms in total. The first-order chi connectivity index (χ1) is 9.74. The van der Waals surface area contributed by atoms with Gasteiger partial charge in [-0.05, 0) is 30.9 Å². The monoisotopic (exact) mass is 276 g/mol. The molecule has 0 spiro atoms. The highest BCUT2D eigenvalue weighted by molar-refractivity contribution is 5.16. The maximum atomic E-state index is 10.2. The Morgan fingerprint density at radius 1 is 1.40 bits per heavy atom. The van der Waals surface area contributed by atoms with Gasteiger partial charge in [0.05, 0.1) is 19.3 Å². The highest BCUT2D eigenvalue weighted by atomic mass is 16.5. The third-order valence-corrected chi connectivity index (χ3v) is 4.62. The fourth-order valence-electron chi connectivity index (χ4n) is 3.60. The molecule has 3 atom stereocenters. The minimum atomic E-state index is -0.153. The van der Waals surface area contributed by atoms with Crippen LogP contribution in [0.5, 0.6) is 0 Å². The van der Waals surface area contributed by atoms with Crippen LogP contribution in [0.4, 0.5) is 0 Å². The first-order valence-corrected chi connectivity index (χ1v) is 7.64. The van der Waals surface area contributed by atoms with Crippen LogP contribution in [0, 0.1) is 12.8 Å². The number of ether oxygens (including phenoxy) is 1. The van der Waals surface area contributed by atoms with E-state index in [0.717, 1.165) is 45.6 Å². The molecule has 0 radical (unpaired) electrons. The SMILES string of the molecule is Cc1cncc(CN2CCOCC2C2CCCC2O)c1. The smallest absolute Gasteiger partial charge is 0.0626 e. The van der Waals surface area contributed by atoms with Gasteiger partial charge in [-0.15, -0.1) is 0 Å². The van der Waals surface area contributed by atoms with Gasteiger partial charge in [0, 0.05) is 37.4 Å². The summed E-state index contributed by atoms with van der Waals surface area (Å²) in [4.78, 5) is 6.75. The summed E-state index contributed by atoms with van der Waals surface area (Å²) in [6.07, 6.45) is 6.90. The zero-order valence-electron chi connectivity index (χ0n) is 12.2. The Hall–Kier alpha value is -0.970. The van der Waals surface area contributed by atoms with Gasteiger partial charge in [0.2, 0.25) is 0 Å². The fourth-order valence-corrected chi connectivity index (χ4v) is 3.60. The molecular formula is C16H24N2O2. The zero-order chi connectivity index (χ0) is 13.9. The van der Waals surface area contributed by atoms with E-state index in [9.17, 15) is 5.11 Å². The third kappa shape index (κ3) is 3.03. The number of pyridine rings is 1. The summed E-state index contributed by atoms with van der Waals surface area (Å²) in [5.41, 5.74) is 2.46. The van der Waals surface area contributed by atoms with Crippen LogP contribution in [-0.2, 0) is 11.3 Å². The van der Waals surface area contributed by atoms with Gasteiger partial charge < -0.3 is 9.84 Å². The number of rotatable bonds is 3. The van der Waals surface area contributed by atoms with Crippen molar-refractivity contribution in [2.45, 2.75) is 44.9 Å². The minimum Gasteiger partial charge on any atom is -0.393 e. The third-order valence-electron chi connectivity index (χ3n) is 4.62. The lowest BCUT2D eigenvalue weighted by atomic mass is 9.94. The van der Waals surface area contributed by atoms with E-state index in [-0.39, 0.29) is 6.10 Å². The molecule has 3 unspecified atom stereocenters. The first kappa shape index (κ1) is 14.0. The second kappa shape index (κ2) is 6.20. The van der Waals surface area contributed by atoms with Crippen LogP contribution in [0.1, 0.15) is 30.4 Å². The Morgan fingerprint density at radius 2 is 2.30 bits per heavy atom. The molecular weight excluding hydrogens is 252 g/mol. The van der Waals surface area contributed by atoms with Crippen LogP contribution in [0.3, 0.4) is 0 Å². The predicted octanol–water partition coefficient (Wildman–Crippen LogP) is 1.75. The maximum Gasteiger partial charge on any atom is 0.0626 e. The largest absolute Gasteiger partial charge is 0.393 e. The molecule has 2 heterocycles. The van der Waals surface area contributed by atoms with Gasteiger partial charge in [-0.1, -0.05) is 12.5 Å². The second-order valence-electron chi connectivity index (χ2n) is 6.15. The van der Waals surface area contributed by atoms with E-state index in [1.54, 1.807) is 0 Å². The number of aryl methyl sites for hydroxylation is 1. The molecule has 1 saturated carbocycles. The molecule has 2 fully saturated rings. The lowest BCUT2D eigenvalue weighted by molar-refractivity contribution is -0.0536. The van der Waals surface area contributed by atoms with E-state index in [1.807, 2.05) is 12.4 Å². The van der Waals surface area contributed by atoms with E-state index in [2.05, 4.69) is 22.9 Å². The maximum absolute atomic E-state index is 10.2. The average molecular weight is 276 g/mol. The molecule has 1 N–H and O–H groups in total. The fraction of sp³-hybridized carbons (Fsp3) is 0.688. The Morgan fingerprint density at radius 3 is 3.05 bits per heavy atom. The molecule has 0 amide bonds. The summed E-state index contributed by atoms with van der Waals surface area (Å²) in [6.45, 7) is 5.47. The Balaban J connectivity index is 1.72. The van der Waals surface area contributed by atoms with Crippen LogP contribution >= 0.6 is 0 Å². The van der Waals surface area contributed by atoms with Crippen molar-refractivity contribution in [1.82, 2.24) is 9.88 Å². The molecule has 4 heteroatoms. The highest BCUT2D eigenvalue weighted by Gasteiger charge is 2.37. The van der Waals surface area contributed by atoms with Crippen molar-refractivity contribution in [3.8, 4) is 0 Å². The molecule has 110 valence electrons. The van der Waals surface area contributed by atoms with Crippen molar-refractivity contribution in [3.05, 3.63) is 29.6 Å². The molecule has 1 aromatic rings. The van der Waals surface area contributed by atoms with Crippen molar-refractivity contribution < 1.29 is 9.84 Å². The predicted molar refractivity (Wildman–Crippen MR) is 77.3 cm³/mol. The standard InChI is InChI=1S/C16H24N2O2/c1-12-7-13(9-17-8-12)10-18-5-6-20-11-15(18)14-3-2-4-16(14)19/h7-9,14-16,19H,2-6,10-11H2,1H3. The van der Waals surface area contributed by atoms with Gasteiger partial charge in [-0.3, -0.25) is 9.88 Å². The van der Waals surface area contributed by atoms with Crippen molar-refractivity contribution in [2.24, 2.45) is 5.92 Å². The van der Waals surface area contributed by atoms with Gasteiger partial charge in [-0.25, -0.2) is 0 Å². The summed E-state index contributed by atoms with van der Waals surface area (Å²) in [5, 5.41) is 10.2.